The van der Waals surface area contributed by atoms with Crippen LogP contribution < -0.4 is 4.90 Å². The Hall–Kier alpha value is -1.14. The maximum absolute atomic E-state index is 10.9. The highest BCUT2D eigenvalue weighted by atomic mass is 79.9. The highest BCUT2D eigenvalue weighted by Crippen LogP contribution is 2.27. The van der Waals surface area contributed by atoms with E-state index >= 15 is 0 Å². The molecule has 0 aromatic heterocycles. The van der Waals surface area contributed by atoms with Gasteiger partial charge in [-0.15, -0.1) is 0 Å². The lowest BCUT2D eigenvalue weighted by Crippen LogP contribution is -2.41. The van der Waals surface area contributed by atoms with Crippen molar-refractivity contribution in [3.63, 3.8) is 0 Å². The largest absolute Gasteiger partial charge is 0.375 e. The second kappa shape index (κ2) is 5.67. The van der Waals surface area contributed by atoms with Crippen LogP contribution in [0.2, 0.25) is 0 Å². The van der Waals surface area contributed by atoms with Gasteiger partial charge in [0.1, 0.15) is 0 Å². The van der Waals surface area contributed by atoms with Crippen molar-refractivity contribution in [2.24, 2.45) is 0 Å². The minimum Gasteiger partial charge on any atom is -0.375 e. The molecule has 0 saturated carbocycles. The highest BCUT2D eigenvalue weighted by molar-refractivity contribution is 9.08. The Balaban J connectivity index is 2.26. The van der Waals surface area contributed by atoms with E-state index in [9.17, 15) is 10.1 Å². The van der Waals surface area contributed by atoms with Gasteiger partial charge in [0.15, 0.2) is 0 Å². The zero-order chi connectivity index (χ0) is 13.1. The van der Waals surface area contributed by atoms with Crippen LogP contribution in [0.1, 0.15) is 12.5 Å². The highest BCUT2D eigenvalue weighted by Gasteiger charge is 2.20. The number of nitro benzene ring substituents is 1. The molecule has 0 bridgehead atoms. The van der Waals surface area contributed by atoms with E-state index in [0.29, 0.717) is 17.5 Å². The molecule has 1 heterocycles. The van der Waals surface area contributed by atoms with Gasteiger partial charge in [-0.25, -0.2) is 0 Å². The average molecular weight is 315 g/mol. The van der Waals surface area contributed by atoms with Crippen LogP contribution >= 0.6 is 15.9 Å². The first-order valence-corrected chi connectivity index (χ1v) is 6.94. The Labute approximate surface area is 114 Å². The molecule has 0 spiro atoms. The van der Waals surface area contributed by atoms with Crippen molar-refractivity contribution in [3.8, 4) is 0 Å². The van der Waals surface area contributed by atoms with Gasteiger partial charge in [-0.3, -0.25) is 10.1 Å². The van der Waals surface area contributed by atoms with Gasteiger partial charge in [0.25, 0.3) is 5.69 Å². The lowest BCUT2D eigenvalue weighted by Gasteiger charge is -2.33. The van der Waals surface area contributed by atoms with Crippen LogP contribution in [-0.2, 0) is 10.1 Å². The summed E-state index contributed by atoms with van der Waals surface area (Å²) >= 11 is 3.30. The normalized spacial score (nSPS) is 19.9. The summed E-state index contributed by atoms with van der Waals surface area (Å²) in [5.74, 6) is 0. The molecule has 0 radical (unpaired) electrons. The summed E-state index contributed by atoms with van der Waals surface area (Å²) in [5, 5.41) is 11.4. The Kier molecular flexibility index (Phi) is 4.19. The van der Waals surface area contributed by atoms with Gasteiger partial charge < -0.3 is 9.64 Å². The third-order valence-corrected chi connectivity index (χ3v) is 3.61. The fraction of sp³-hybridized carbons (Fsp3) is 0.500. The predicted molar refractivity (Wildman–Crippen MR) is 73.4 cm³/mol. The summed E-state index contributed by atoms with van der Waals surface area (Å²) < 4.78 is 5.49. The molecule has 2 rings (SSSR count). The Morgan fingerprint density at radius 1 is 1.61 bits per heavy atom. The van der Waals surface area contributed by atoms with E-state index < -0.39 is 0 Å². The number of halogens is 1. The van der Waals surface area contributed by atoms with Crippen molar-refractivity contribution < 1.29 is 9.66 Å². The van der Waals surface area contributed by atoms with Gasteiger partial charge in [0.2, 0.25) is 0 Å². The molecule has 6 heteroatoms. The van der Waals surface area contributed by atoms with Crippen molar-refractivity contribution in [3.05, 3.63) is 33.9 Å². The monoisotopic (exact) mass is 314 g/mol. The van der Waals surface area contributed by atoms with Crippen LogP contribution in [0.5, 0.6) is 0 Å². The molecule has 1 unspecified atom stereocenters. The van der Waals surface area contributed by atoms with Crippen molar-refractivity contribution in [2.75, 3.05) is 24.6 Å². The van der Waals surface area contributed by atoms with E-state index in [4.69, 9.17) is 4.74 Å². The maximum atomic E-state index is 10.9. The van der Waals surface area contributed by atoms with E-state index in [1.165, 1.54) is 0 Å². The fourth-order valence-electron chi connectivity index (χ4n) is 2.11. The lowest BCUT2D eigenvalue weighted by molar-refractivity contribution is -0.385. The van der Waals surface area contributed by atoms with E-state index in [1.54, 1.807) is 6.07 Å². The van der Waals surface area contributed by atoms with E-state index in [-0.39, 0.29) is 16.7 Å². The molecule has 1 aromatic carbocycles. The molecular weight excluding hydrogens is 300 g/mol. The third-order valence-electron chi connectivity index (χ3n) is 3.01. The van der Waals surface area contributed by atoms with Crippen molar-refractivity contribution in [2.45, 2.75) is 18.4 Å². The van der Waals surface area contributed by atoms with Gasteiger partial charge >= 0.3 is 0 Å². The topological polar surface area (TPSA) is 55.6 Å². The van der Waals surface area contributed by atoms with Crippen molar-refractivity contribution >= 4 is 27.3 Å². The summed E-state index contributed by atoms with van der Waals surface area (Å²) in [6.45, 7) is 4.37. The second-order valence-corrected chi connectivity index (χ2v) is 4.89. The minimum atomic E-state index is -0.345. The van der Waals surface area contributed by atoms with E-state index in [2.05, 4.69) is 20.8 Å². The molecule has 1 saturated heterocycles. The molecule has 0 N–H and O–H groups in total. The van der Waals surface area contributed by atoms with Crippen LogP contribution in [0.4, 0.5) is 11.4 Å². The first-order chi connectivity index (χ1) is 8.61. The Bertz CT molecular complexity index is 453. The zero-order valence-corrected chi connectivity index (χ0v) is 11.7. The number of alkyl halides is 1. The second-order valence-electron chi connectivity index (χ2n) is 4.33. The molecule has 5 nitrogen and oxygen atoms in total. The molecule has 1 aliphatic heterocycles. The average Bonchev–Trinajstić information content (AvgIpc) is 2.37. The summed E-state index contributed by atoms with van der Waals surface area (Å²) in [5.41, 5.74) is 1.89. The summed E-state index contributed by atoms with van der Waals surface area (Å²) in [6.07, 6.45) is 0.196. The van der Waals surface area contributed by atoms with Crippen LogP contribution in [0.3, 0.4) is 0 Å². The lowest BCUT2D eigenvalue weighted by atomic mass is 10.1. The van der Waals surface area contributed by atoms with Gasteiger partial charge in [0.05, 0.1) is 17.6 Å². The Morgan fingerprint density at radius 2 is 2.39 bits per heavy atom. The summed E-state index contributed by atoms with van der Waals surface area (Å²) in [6, 6.07) is 5.26. The maximum Gasteiger partial charge on any atom is 0.273 e. The molecule has 98 valence electrons. The molecule has 1 fully saturated rings. The standard InChI is InChI=1S/C12H15BrN2O3/c1-9-8-14(4-5-18-9)11-2-3-12(15(16)17)10(6-11)7-13/h2-3,6,9H,4-5,7-8H2,1H3. The van der Waals surface area contributed by atoms with Crippen LogP contribution in [0.15, 0.2) is 18.2 Å². The molecular formula is C12H15BrN2O3. The number of hydrogen-bond donors (Lipinski definition) is 0. The van der Waals surface area contributed by atoms with Gasteiger partial charge in [-0.05, 0) is 19.1 Å². The Morgan fingerprint density at radius 3 is 3.00 bits per heavy atom. The summed E-state index contributed by atoms with van der Waals surface area (Å²) in [7, 11) is 0. The van der Waals surface area contributed by atoms with Crippen LogP contribution in [0.25, 0.3) is 0 Å². The van der Waals surface area contributed by atoms with Crippen molar-refractivity contribution in [1.29, 1.82) is 0 Å². The molecule has 1 aliphatic rings. The SMILES string of the molecule is CC1CN(c2ccc([N+](=O)[O-])c(CBr)c2)CCO1. The minimum absolute atomic E-state index is 0.164. The first-order valence-electron chi connectivity index (χ1n) is 5.81. The molecule has 18 heavy (non-hydrogen) atoms. The number of nitrogens with zero attached hydrogens (tertiary/aromatic N) is 2. The van der Waals surface area contributed by atoms with E-state index in [1.807, 2.05) is 19.1 Å². The molecule has 1 atom stereocenters. The van der Waals surface area contributed by atoms with Crippen LogP contribution in [0, 0.1) is 10.1 Å². The van der Waals surface area contributed by atoms with Gasteiger partial charge in [-0.2, -0.15) is 0 Å². The molecule has 0 amide bonds. The predicted octanol–water partition coefficient (Wildman–Crippen LogP) is 2.71. The number of benzene rings is 1. The first kappa shape index (κ1) is 13.3. The number of anilines is 1. The van der Waals surface area contributed by atoms with Crippen molar-refractivity contribution in [1.82, 2.24) is 0 Å². The third kappa shape index (κ3) is 2.81. The summed E-state index contributed by atoms with van der Waals surface area (Å²) in [4.78, 5) is 12.7. The molecule has 0 aliphatic carbocycles. The number of hydrogen-bond acceptors (Lipinski definition) is 4. The number of nitro groups is 1. The van der Waals surface area contributed by atoms with Gasteiger partial charge in [0, 0.05) is 35.7 Å². The van der Waals surface area contributed by atoms with Crippen LogP contribution in [-0.4, -0.2) is 30.7 Å². The number of morpholine rings is 1. The zero-order valence-electron chi connectivity index (χ0n) is 10.1. The molecule has 1 aromatic rings. The van der Waals surface area contributed by atoms with E-state index in [0.717, 1.165) is 18.8 Å². The smallest absolute Gasteiger partial charge is 0.273 e. The quantitative estimate of drug-likeness (QED) is 0.489. The fourth-order valence-corrected chi connectivity index (χ4v) is 2.56. The van der Waals surface area contributed by atoms with Gasteiger partial charge in [-0.1, -0.05) is 15.9 Å². The number of ether oxygens (including phenoxy) is 1. The number of rotatable bonds is 3.